The predicted octanol–water partition coefficient (Wildman–Crippen LogP) is 4.12. The smallest absolute Gasteiger partial charge is 0.345 e. The average molecular weight is 390 g/mol. The maximum Gasteiger partial charge on any atom is 0.345 e. The highest BCUT2D eigenvalue weighted by Gasteiger charge is 2.17. The Morgan fingerprint density at radius 2 is 1.86 bits per heavy atom. The molecule has 2 aromatic heterocycles. The molecule has 0 aliphatic carbocycles. The lowest BCUT2D eigenvalue weighted by Gasteiger charge is -2.31. The largest absolute Gasteiger partial charge is 0.437 e. The summed E-state index contributed by atoms with van der Waals surface area (Å²) in [5.41, 5.74) is 0.402. The van der Waals surface area contributed by atoms with Gasteiger partial charge in [0, 0.05) is 37.7 Å². The monoisotopic (exact) mass is 390 g/mol. The van der Waals surface area contributed by atoms with E-state index in [0.717, 1.165) is 24.8 Å². The van der Waals surface area contributed by atoms with E-state index in [1.807, 2.05) is 6.07 Å². The highest BCUT2D eigenvalue weighted by atomic mass is 16.5. The molecule has 0 radical (unpaired) electrons. The van der Waals surface area contributed by atoms with Crippen LogP contribution in [-0.4, -0.2) is 34.0 Å². The van der Waals surface area contributed by atoms with Crippen molar-refractivity contribution in [3.8, 4) is 17.4 Å². The number of piperidine rings is 1. The summed E-state index contributed by atoms with van der Waals surface area (Å²) < 4.78 is 11.1. The van der Waals surface area contributed by atoms with Gasteiger partial charge < -0.3 is 14.4 Å². The van der Waals surface area contributed by atoms with Gasteiger partial charge >= 0.3 is 5.97 Å². The van der Waals surface area contributed by atoms with Gasteiger partial charge in [0.1, 0.15) is 17.3 Å². The van der Waals surface area contributed by atoms with Crippen molar-refractivity contribution < 1.29 is 14.3 Å². The van der Waals surface area contributed by atoms with Crippen LogP contribution < -0.4 is 14.4 Å². The SMILES string of the molecule is CC1CCN(c2ccc(C(=O)Oc3cccc(Oc4cnccn4)c3)cn2)CC1. The van der Waals surface area contributed by atoms with E-state index in [9.17, 15) is 4.79 Å². The third-order valence-corrected chi connectivity index (χ3v) is 4.87. The second kappa shape index (κ2) is 8.68. The van der Waals surface area contributed by atoms with Crippen LogP contribution in [0.4, 0.5) is 5.82 Å². The Morgan fingerprint density at radius 1 is 1.03 bits per heavy atom. The summed E-state index contributed by atoms with van der Waals surface area (Å²) in [7, 11) is 0. The minimum absolute atomic E-state index is 0.364. The van der Waals surface area contributed by atoms with E-state index in [-0.39, 0.29) is 0 Å². The first kappa shape index (κ1) is 18.9. The Kier molecular flexibility index (Phi) is 5.65. The van der Waals surface area contributed by atoms with E-state index in [4.69, 9.17) is 9.47 Å². The molecule has 4 rings (SSSR count). The van der Waals surface area contributed by atoms with Crippen LogP contribution in [0.5, 0.6) is 17.4 Å². The third-order valence-electron chi connectivity index (χ3n) is 4.87. The van der Waals surface area contributed by atoms with Gasteiger partial charge in [0.25, 0.3) is 0 Å². The first-order valence-corrected chi connectivity index (χ1v) is 9.64. The second-order valence-electron chi connectivity index (χ2n) is 7.08. The topological polar surface area (TPSA) is 77.4 Å². The van der Waals surface area contributed by atoms with Crippen LogP contribution in [0.2, 0.25) is 0 Å². The molecule has 1 aliphatic heterocycles. The summed E-state index contributed by atoms with van der Waals surface area (Å²) in [6.07, 6.45) is 8.51. The normalized spacial score (nSPS) is 14.4. The molecular weight excluding hydrogens is 368 g/mol. The number of carbonyl (C=O) groups excluding carboxylic acids is 1. The van der Waals surface area contributed by atoms with Gasteiger partial charge in [-0.2, -0.15) is 0 Å². The number of hydrogen-bond donors (Lipinski definition) is 0. The number of carbonyl (C=O) groups is 1. The zero-order valence-corrected chi connectivity index (χ0v) is 16.2. The van der Waals surface area contributed by atoms with Crippen LogP contribution in [0.1, 0.15) is 30.1 Å². The first-order chi connectivity index (χ1) is 14.2. The molecule has 0 bridgehead atoms. The molecule has 7 heteroatoms. The zero-order chi connectivity index (χ0) is 20.1. The number of pyridine rings is 1. The number of hydrogen-bond acceptors (Lipinski definition) is 7. The molecule has 0 spiro atoms. The minimum atomic E-state index is -0.465. The lowest BCUT2D eigenvalue weighted by Crippen LogP contribution is -2.33. The number of rotatable bonds is 5. The average Bonchev–Trinajstić information content (AvgIpc) is 2.75. The molecule has 3 heterocycles. The van der Waals surface area contributed by atoms with Crippen LogP contribution >= 0.6 is 0 Å². The molecule has 29 heavy (non-hydrogen) atoms. The summed E-state index contributed by atoms with van der Waals surface area (Å²) >= 11 is 0. The Balaban J connectivity index is 1.39. The molecule has 0 amide bonds. The summed E-state index contributed by atoms with van der Waals surface area (Å²) in [5.74, 6) is 2.44. The number of nitrogens with zero attached hydrogens (tertiary/aromatic N) is 4. The number of ether oxygens (including phenoxy) is 2. The van der Waals surface area contributed by atoms with Crippen molar-refractivity contribution in [3.63, 3.8) is 0 Å². The zero-order valence-electron chi connectivity index (χ0n) is 16.2. The van der Waals surface area contributed by atoms with Crippen molar-refractivity contribution in [1.82, 2.24) is 15.0 Å². The predicted molar refractivity (Wildman–Crippen MR) is 108 cm³/mol. The van der Waals surface area contributed by atoms with Gasteiger partial charge in [0.15, 0.2) is 0 Å². The van der Waals surface area contributed by atoms with Crippen LogP contribution in [0.25, 0.3) is 0 Å². The number of anilines is 1. The maximum atomic E-state index is 12.5. The van der Waals surface area contributed by atoms with E-state index in [0.29, 0.717) is 22.9 Å². The molecule has 0 saturated carbocycles. The summed E-state index contributed by atoms with van der Waals surface area (Å²) in [6.45, 7) is 4.27. The van der Waals surface area contributed by atoms with Gasteiger partial charge in [-0.05, 0) is 43.0 Å². The Labute approximate surface area is 169 Å². The van der Waals surface area contributed by atoms with Gasteiger partial charge in [0.05, 0.1) is 11.8 Å². The molecule has 148 valence electrons. The van der Waals surface area contributed by atoms with Crippen molar-refractivity contribution in [2.45, 2.75) is 19.8 Å². The van der Waals surface area contributed by atoms with Crippen molar-refractivity contribution in [2.24, 2.45) is 5.92 Å². The molecule has 1 aliphatic rings. The second-order valence-corrected chi connectivity index (χ2v) is 7.08. The van der Waals surface area contributed by atoms with Crippen LogP contribution in [0.3, 0.4) is 0 Å². The minimum Gasteiger partial charge on any atom is -0.437 e. The van der Waals surface area contributed by atoms with Gasteiger partial charge in [-0.25, -0.2) is 14.8 Å². The number of esters is 1. The molecule has 0 unspecified atom stereocenters. The molecule has 3 aromatic rings. The number of benzene rings is 1. The fourth-order valence-corrected chi connectivity index (χ4v) is 3.16. The highest BCUT2D eigenvalue weighted by molar-refractivity contribution is 5.91. The lowest BCUT2D eigenvalue weighted by molar-refractivity contribution is 0.0734. The van der Waals surface area contributed by atoms with E-state index in [2.05, 4.69) is 26.8 Å². The van der Waals surface area contributed by atoms with Gasteiger partial charge in [-0.3, -0.25) is 4.98 Å². The standard InChI is InChI=1S/C22H22N4O3/c1-16-7-11-26(12-8-16)20-6-5-17(14-25-20)22(27)29-19-4-2-3-18(13-19)28-21-15-23-9-10-24-21/h2-6,9-10,13-16H,7-8,11-12H2,1H3. The molecule has 7 nitrogen and oxygen atoms in total. The van der Waals surface area contributed by atoms with E-state index >= 15 is 0 Å². The quantitative estimate of drug-likeness (QED) is 0.479. The fourth-order valence-electron chi connectivity index (χ4n) is 3.16. The number of aromatic nitrogens is 3. The Bertz CT molecular complexity index is 955. The molecule has 0 N–H and O–H groups in total. The van der Waals surface area contributed by atoms with E-state index in [1.54, 1.807) is 48.9 Å². The van der Waals surface area contributed by atoms with E-state index < -0.39 is 5.97 Å². The highest BCUT2D eigenvalue weighted by Crippen LogP contribution is 2.25. The molecule has 1 saturated heterocycles. The third kappa shape index (κ3) is 4.87. The van der Waals surface area contributed by atoms with Gasteiger partial charge in [0.2, 0.25) is 5.88 Å². The molecule has 1 fully saturated rings. The maximum absolute atomic E-state index is 12.5. The van der Waals surface area contributed by atoms with Crippen molar-refractivity contribution in [2.75, 3.05) is 18.0 Å². The van der Waals surface area contributed by atoms with Crippen molar-refractivity contribution in [3.05, 3.63) is 66.7 Å². The lowest BCUT2D eigenvalue weighted by atomic mass is 9.99. The molecule has 1 aromatic carbocycles. The Morgan fingerprint density at radius 3 is 2.59 bits per heavy atom. The Hall–Kier alpha value is -3.48. The summed E-state index contributed by atoms with van der Waals surface area (Å²) in [4.78, 5) is 27.2. The van der Waals surface area contributed by atoms with Crippen LogP contribution in [0.15, 0.2) is 61.2 Å². The van der Waals surface area contributed by atoms with Gasteiger partial charge in [-0.15, -0.1) is 0 Å². The first-order valence-electron chi connectivity index (χ1n) is 9.64. The van der Waals surface area contributed by atoms with Gasteiger partial charge in [-0.1, -0.05) is 13.0 Å². The van der Waals surface area contributed by atoms with Crippen LogP contribution in [0, 0.1) is 5.92 Å². The molecule has 0 atom stereocenters. The van der Waals surface area contributed by atoms with E-state index in [1.165, 1.54) is 19.0 Å². The van der Waals surface area contributed by atoms with Crippen molar-refractivity contribution in [1.29, 1.82) is 0 Å². The van der Waals surface area contributed by atoms with Crippen molar-refractivity contribution >= 4 is 11.8 Å². The van der Waals surface area contributed by atoms with Crippen LogP contribution in [-0.2, 0) is 0 Å². The summed E-state index contributed by atoms with van der Waals surface area (Å²) in [5, 5.41) is 0. The summed E-state index contributed by atoms with van der Waals surface area (Å²) in [6, 6.07) is 10.4. The fraction of sp³-hybridized carbons (Fsp3) is 0.273. The molecular formula is C22H22N4O3.